The summed E-state index contributed by atoms with van der Waals surface area (Å²) in [6.45, 7) is 8.37. The predicted molar refractivity (Wildman–Crippen MR) is 125 cm³/mol. The van der Waals surface area contributed by atoms with Gasteiger partial charge in [-0.25, -0.2) is 9.67 Å². The van der Waals surface area contributed by atoms with Gasteiger partial charge in [-0.05, 0) is 56.6 Å². The van der Waals surface area contributed by atoms with E-state index in [1.54, 1.807) is 0 Å². The van der Waals surface area contributed by atoms with Gasteiger partial charge in [0.15, 0.2) is 5.65 Å². The highest BCUT2D eigenvalue weighted by molar-refractivity contribution is 5.75. The van der Waals surface area contributed by atoms with E-state index in [2.05, 4.69) is 38.8 Å². The molecule has 7 nitrogen and oxygen atoms in total. The van der Waals surface area contributed by atoms with Gasteiger partial charge in [0.2, 0.25) is 5.95 Å². The minimum Gasteiger partial charge on any atom is -0.494 e. The average Bonchev–Trinajstić information content (AvgIpc) is 3.24. The molecule has 0 atom stereocenters. The molecule has 2 aromatic heterocycles. The molecule has 0 saturated heterocycles. The SMILES string of the molecule is CCN(CC)CCCOc1ccc(Nc2ncc3cnn(C4CCCCC4)c3n2)cc1. The molecule has 0 unspecified atom stereocenters. The van der Waals surface area contributed by atoms with Crippen LogP contribution in [0.1, 0.15) is 58.4 Å². The second-order valence-corrected chi connectivity index (χ2v) is 8.23. The first-order chi connectivity index (χ1) is 15.3. The van der Waals surface area contributed by atoms with Crippen LogP contribution in [-0.2, 0) is 0 Å². The van der Waals surface area contributed by atoms with Gasteiger partial charge in [0.25, 0.3) is 0 Å². The molecular weight excluding hydrogens is 388 g/mol. The largest absolute Gasteiger partial charge is 0.494 e. The summed E-state index contributed by atoms with van der Waals surface area (Å²) < 4.78 is 7.98. The van der Waals surface area contributed by atoms with Crippen LogP contribution in [0, 0.1) is 0 Å². The van der Waals surface area contributed by atoms with Crippen molar-refractivity contribution in [3.05, 3.63) is 36.7 Å². The molecule has 31 heavy (non-hydrogen) atoms. The van der Waals surface area contributed by atoms with Crippen LogP contribution in [-0.4, -0.2) is 50.9 Å². The van der Waals surface area contributed by atoms with Crippen molar-refractivity contribution in [1.29, 1.82) is 0 Å². The summed E-state index contributed by atoms with van der Waals surface area (Å²) in [6, 6.07) is 8.44. The fourth-order valence-corrected chi connectivity index (χ4v) is 4.27. The second-order valence-electron chi connectivity index (χ2n) is 8.23. The van der Waals surface area contributed by atoms with E-state index in [9.17, 15) is 0 Å². The summed E-state index contributed by atoms with van der Waals surface area (Å²) >= 11 is 0. The lowest BCUT2D eigenvalue weighted by molar-refractivity contribution is 0.249. The first-order valence-electron chi connectivity index (χ1n) is 11.7. The third-order valence-electron chi connectivity index (χ3n) is 6.15. The van der Waals surface area contributed by atoms with E-state index in [0.29, 0.717) is 12.0 Å². The molecule has 0 bridgehead atoms. The van der Waals surface area contributed by atoms with E-state index in [1.165, 1.54) is 32.1 Å². The average molecular weight is 423 g/mol. The zero-order chi connectivity index (χ0) is 21.5. The van der Waals surface area contributed by atoms with Gasteiger partial charge in [0.1, 0.15) is 5.75 Å². The Morgan fingerprint density at radius 2 is 1.84 bits per heavy atom. The molecule has 1 aliphatic rings. The first-order valence-corrected chi connectivity index (χ1v) is 11.7. The van der Waals surface area contributed by atoms with Crippen molar-refractivity contribution >= 4 is 22.7 Å². The Kier molecular flexibility index (Phi) is 7.35. The molecule has 4 rings (SSSR count). The summed E-state index contributed by atoms with van der Waals surface area (Å²) in [6.07, 6.45) is 11.0. The standard InChI is InChI=1S/C24H34N6O/c1-3-29(4-2)15-8-16-31-22-13-11-20(12-14-22)27-24-25-17-19-18-26-30(23(19)28-24)21-9-6-5-7-10-21/h11-14,17-18,21H,3-10,15-16H2,1-2H3,(H,25,27,28). The number of hydrogen-bond donors (Lipinski definition) is 1. The molecule has 1 aliphatic carbocycles. The Bertz CT molecular complexity index is 944. The molecule has 7 heteroatoms. The molecule has 3 aromatic rings. The van der Waals surface area contributed by atoms with Crippen molar-refractivity contribution in [2.45, 2.75) is 58.4 Å². The fraction of sp³-hybridized carbons (Fsp3) is 0.542. The summed E-state index contributed by atoms with van der Waals surface area (Å²) in [7, 11) is 0. The van der Waals surface area contributed by atoms with E-state index in [1.807, 2.05) is 36.7 Å². The van der Waals surface area contributed by atoms with Crippen LogP contribution in [0.5, 0.6) is 5.75 Å². The molecule has 2 heterocycles. The molecule has 0 aliphatic heterocycles. The van der Waals surface area contributed by atoms with Crippen molar-refractivity contribution in [3.63, 3.8) is 0 Å². The Labute approximate surface area is 184 Å². The number of aromatic nitrogens is 4. The maximum absolute atomic E-state index is 5.88. The molecular formula is C24H34N6O. The summed E-state index contributed by atoms with van der Waals surface area (Å²) in [5.74, 6) is 1.48. The predicted octanol–water partition coefficient (Wildman–Crippen LogP) is 5.19. The number of rotatable bonds is 10. The van der Waals surface area contributed by atoms with Gasteiger partial charge < -0.3 is 15.0 Å². The summed E-state index contributed by atoms with van der Waals surface area (Å²) in [5.41, 5.74) is 1.86. The van der Waals surface area contributed by atoms with E-state index in [4.69, 9.17) is 9.72 Å². The van der Waals surface area contributed by atoms with Crippen LogP contribution in [0.25, 0.3) is 11.0 Å². The Hall–Kier alpha value is -2.67. The van der Waals surface area contributed by atoms with E-state index >= 15 is 0 Å². The lowest BCUT2D eigenvalue weighted by Gasteiger charge is -2.22. The topological polar surface area (TPSA) is 68.1 Å². The summed E-state index contributed by atoms with van der Waals surface area (Å²) in [5, 5.41) is 8.91. The molecule has 0 radical (unpaired) electrons. The van der Waals surface area contributed by atoms with Crippen molar-refractivity contribution in [2.75, 3.05) is 31.6 Å². The van der Waals surface area contributed by atoms with Gasteiger partial charge in [0.05, 0.1) is 24.2 Å². The van der Waals surface area contributed by atoms with Crippen molar-refractivity contribution in [2.24, 2.45) is 0 Å². The maximum Gasteiger partial charge on any atom is 0.229 e. The van der Waals surface area contributed by atoms with Gasteiger partial charge >= 0.3 is 0 Å². The molecule has 1 N–H and O–H groups in total. The zero-order valence-corrected chi connectivity index (χ0v) is 18.8. The molecule has 1 aromatic carbocycles. The number of hydrogen-bond acceptors (Lipinski definition) is 6. The van der Waals surface area contributed by atoms with E-state index < -0.39 is 0 Å². The molecule has 1 saturated carbocycles. The number of benzene rings is 1. The Balaban J connectivity index is 1.35. The van der Waals surface area contributed by atoms with Crippen LogP contribution in [0.15, 0.2) is 36.7 Å². The van der Waals surface area contributed by atoms with Crippen molar-refractivity contribution in [1.82, 2.24) is 24.6 Å². The minimum atomic E-state index is 0.451. The monoisotopic (exact) mass is 422 g/mol. The fourth-order valence-electron chi connectivity index (χ4n) is 4.27. The third-order valence-corrected chi connectivity index (χ3v) is 6.15. The van der Waals surface area contributed by atoms with Crippen molar-refractivity contribution < 1.29 is 4.74 Å². The second kappa shape index (κ2) is 10.6. The summed E-state index contributed by atoms with van der Waals surface area (Å²) in [4.78, 5) is 11.6. The molecule has 0 spiro atoms. The van der Waals surface area contributed by atoms with Gasteiger partial charge in [-0.1, -0.05) is 33.1 Å². The van der Waals surface area contributed by atoms with Crippen LogP contribution in [0.3, 0.4) is 0 Å². The van der Waals surface area contributed by atoms with Gasteiger partial charge in [-0.3, -0.25) is 0 Å². The lowest BCUT2D eigenvalue weighted by Crippen LogP contribution is -2.25. The Morgan fingerprint density at radius 3 is 2.58 bits per heavy atom. The molecule has 1 fully saturated rings. The first kappa shape index (κ1) is 21.6. The number of fused-ring (bicyclic) bond motifs is 1. The number of ether oxygens (including phenoxy) is 1. The Morgan fingerprint density at radius 1 is 1.06 bits per heavy atom. The smallest absolute Gasteiger partial charge is 0.229 e. The highest BCUT2D eigenvalue weighted by Gasteiger charge is 2.19. The van der Waals surface area contributed by atoms with E-state index in [-0.39, 0.29) is 0 Å². The molecule has 166 valence electrons. The van der Waals surface area contributed by atoms with Crippen LogP contribution < -0.4 is 10.1 Å². The van der Waals surface area contributed by atoms with Gasteiger partial charge in [0, 0.05) is 18.4 Å². The van der Waals surface area contributed by atoms with Crippen LogP contribution >= 0.6 is 0 Å². The number of nitrogens with one attached hydrogen (secondary N) is 1. The van der Waals surface area contributed by atoms with Crippen LogP contribution in [0.4, 0.5) is 11.6 Å². The normalized spacial score (nSPS) is 14.9. The van der Waals surface area contributed by atoms with Crippen LogP contribution in [0.2, 0.25) is 0 Å². The van der Waals surface area contributed by atoms with Crippen molar-refractivity contribution in [3.8, 4) is 5.75 Å². The van der Waals surface area contributed by atoms with E-state index in [0.717, 1.165) is 55.1 Å². The highest BCUT2D eigenvalue weighted by Crippen LogP contribution is 2.30. The van der Waals surface area contributed by atoms with Gasteiger partial charge in [-0.2, -0.15) is 10.1 Å². The molecule has 0 amide bonds. The number of anilines is 2. The zero-order valence-electron chi connectivity index (χ0n) is 18.8. The number of nitrogens with zero attached hydrogens (tertiary/aromatic N) is 5. The lowest BCUT2D eigenvalue weighted by atomic mass is 9.96. The van der Waals surface area contributed by atoms with Gasteiger partial charge in [-0.15, -0.1) is 0 Å². The quantitative estimate of drug-likeness (QED) is 0.454. The third kappa shape index (κ3) is 5.53. The maximum atomic E-state index is 5.88. The minimum absolute atomic E-state index is 0.451. The highest BCUT2D eigenvalue weighted by atomic mass is 16.5.